The van der Waals surface area contributed by atoms with E-state index in [1.165, 1.54) is 5.56 Å². The molecule has 0 aliphatic heterocycles. The van der Waals surface area contributed by atoms with Gasteiger partial charge >= 0.3 is 0 Å². The third kappa shape index (κ3) is 4.88. The number of ether oxygens (including phenoxy) is 1. The van der Waals surface area contributed by atoms with Crippen LogP contribution in [0.4, 0.5) is 17.2 Å². The maximum absolute atomic E-state index is 12.5. The highest BCUT2D eigenvalue weighted by Gasteiger charge is 2.14. The molecule has 1 aromatic heterocycles. The lowest BCUT2D eigenvalue weighted by Gasteiger charge is -2.19. The number of benzene rings is 2. The van der Waals surface area contributed by atoms with Crippen LogP contribution >= 0.6 is 0 Å². The number of carbonyl (C=O) groups is 1. The van der Waals surface area contributed by atoms with Crippen LogP contribution in [0, 0.1) is 0 Å². The quantitative estimate of drug-likeness (QED) is 0.628. The molecule has 2 N–H and O–H groups in total. The Bertz CT molecular complexity index is 943. The molecular weight excluding hydrogens is 350 g/mol. The predicted octanol–water partition coefficient (Wildman–Crippen LogP) is 5.38. The number of aromatic nitrogens is 1. The molecule has 1 heterocycles. The minimum atomic E-state index is -0.157. The second-order valence-corrected chi connectivity index (χ2v) is 7.57. The van der Waals surface area contributed by atoms with E-state index in [-0.39, 0.29) is 11.3 Å². The van der Waals surface area contributed by atoms with Gasteiger partial charge < -0.3 is 15.4 Å². The van der Waals surface area contributed by atoms with Gasteiger partial charge in [-0.2, -0.15) is 0 Å². The molecule has 3 rings (SSSR count). The Morgan fingerprint density at radius 1 is 0.964 bits per heavy atom. The average Bonchev–Trinajstić information content (AvgIpc) is 2.69. The molecule has 0 saturated heterocycles. The fourth-order valence-corrected chi connectivity index (χ4v) is 2.72. The summed E-state index contributed by atoms with van der Waals surface area (Å²) in [6.45, 7) is 6.44. The summed E-state index contributed by atoms with van der Waals surface area (Å²) in [5.41, 5.74) is 3.39. The number of pyridine rings is 1. The fraction of sp³-hybridized carbons (Fsp3) is 0.217. The average molecular weight is 375 g/mol. The zero-order valence-corrected chi connectivity index (χ0v) is 16.6. The number of nitrogens with zero attached hydrogens (tertiary/aromatic N) is 1. The van der Waals surface area contributed by atoms with Crippen molar-refractivity contribution in [3.05, 3.63) is 78.0 Å². The Morgan fingerprint density at radius 2 is 1.71 bits per heavy atom. The first kappa shape index (κ1) is 19.4. The molecule has 144 valence electrons. The zero-order chi connectivity index (χ0) is 20.1. The summed E-state index contributed by atoms with van der Waals surface area (Å²) in [6, 6.07) is 18.9. The largest absolute Gasteiger partial charge is 0.497 e. The van der Waals surface area contributed by atoms with E-state index in [1.807, 2.05) is 60.7 Å². The first-order valence-electron chi connectivity index (χ1n) is 9.14. The Kier molecular flexibility index (Phi) is 5.64. The van der Waals surface area contributed by atoms with E-state index >= 15 is 0 Å². The molecule has 0 radical (unpaired) electrons. The van der Waals surface area contributed by atoms with Crippen molar-refractivity contribution in [2.45, 2.75) is 26.2 Å². The van der Waals surface area contributed by atoms with Crippen molar-refractivity contribution in [1.29, 1.82) is 0 Å². The minimum Gasteiger partial charge on any atom is -0.497 e. The molecule has 0 spiro atoms. The van der Waals surface area contributed by atoms with Gasteiger partial charge in [0, 0.05) is 17.3 Å². The number of amides is 1. The summed E-state index contributed by atoms with van der Waals surface area (Å²) < 4.78 is 5.22. The van der Waals surface area contributed by atoms with Crippen molar-refractivity contribution in [1.82, 2.24) is 4.98 Å². The van der Waals surface area contributed by atoms with Gasteiger partial charge in [-0.3, -0.25) is 4.79 Å². The van der Waals surface area contributed by atoms with Crippen LogP contribution in [0.2, 0.25) is 0 Å². The van der Waals surface area contributed by atoms with Gasteiger partial charge in [0.05, 0.1) is 19.0 Å². The minimum absolute atomic E-state index is 0.0600. The molecule has 5 heteroatoms. The van der Waals surface area contributed by atoms with E-state index < -0.39 is 0 Å². The van der Waals surface area contributed by atoms with Crippen molar-refractivity contribution >= 4 is 23.1 Å². The van der Waals surface area contributed by atoms with Crippen LogP contribution < -0.4 is 15.4 Å². The van der Waals surface area contributed by atoms with Crippen molar-refractivity contribution in [3.63, 3.8) is 0 Å². The summed E-state index contributed by atoms with van der Waals surface area (Å²) >= 11 is 0. The molecule has 0 atom stereocenters. The monoisotopic (exact) mass is 375 g/mol. The Labute approximate surface area is 165 Å². The summed E-state index contributed by atoms with van der Waals surface area (Å²) in [6.07, 6.45) is 1.63. The van der Waals surface area contributed by atoms with Gasteiger partial charge in [-0.05, 0) is 47.4 Å². The predicted molar refractivity (Wildman–Crippen MR) is 114 cm³/mol. The third-order valence-electron chi connectivity index (χ3n) is 4.38. The van der Waals surface area contributed by atoms with E-state index in [0.717, 1.165) is 11.4 Å². The number of hydrogen-bond donors (Lipinski definition) is 2. The molecule has 0 unspecified atom stereocenters. The van der Waals surface area contributed by atoms with Crippen LogP contribution in [0.5, 0.6) is 5.75 Å². The molecule has 3 aromatic rings. The summed E-state index contributed by atoms with van der Waals surface area (Å²) in [5, 5.41) is 6.08. The molecule has 0 fully saturated rings. The standard InChI is InChI=1S/C23H25N3O2/c1-23(2,3)17-10-8-16(9-11-17)22(27)26-19-12-13-21(24-15-19)25-18-6-5-7-20(14-18)28-4/h5-15H,1-4H3,(H,24,25)(H,26,27). The molecule has 28 heavy (non-hydrogen) atoms. The number of carbonyl (C=O) groups excluding carboxylic acids is 1. The molecular formula is C23H25N3O2. The van der Waals surface area contributed by atoms with E-state index in [1.54, 1.807) is 13.3 Å². The van der Waals surface area contributed by atoms with Crippen LogP contribution in [0.3, 0.4) is 0 Å². The number of nitrogens with one attached hydrogen (secondary N) is 2. The highest BCUT2D eigenvalue weighted by molar-refractivity contribution is 6.04. The summed E-state index contributed by atoms with van der Waals surface area (Å²) in [4.78, 5) is 16.8. The lowest BCUT2D eigenvalue weighted by Crippen LogP contribution is -2.14. The Balaban J connectivity index is 1.64. The summed E-state index contributed by atoms with van der Waals surface area (Å²) in [7, 11) is 1.63. The zero-order valence-electron chi connectivity index (χ0n) is 16.6. The first-order valence-corrected chi connectivity index (χ1v) is 9.14. The first-order chi connectivity index (χ1) is 13.3. The van der Waals surface area contributed by atoms with Gasteiger partial charge in [0.15, 0.2) is 0 Å². The van der Waals surface area contributed by atoms with Gasteiger partial charge in [-0.1, -0.05) is 39.0 Å². The molecule has 0 aliphatic carbocycles. The van der Waals surface area contributed by atoms with E-state index in [2.05, 4.69) is 36.4 Å². The number of anilines is 3. The SMILES string of the molecule is COc1cccc(Nc2ccc(NC(=O)c3ccc(C(C)(C)C)cc3)cn2)c1. The van der Waals surface area contributed by atoms with E-state index in [4.69, 9.17) is 4.74 Å². The molecule has 0 saturated carbocycles. The highest BCUT2D eigenvalue weighted by atomic mass is 16.5. The number of rotatable bonds is 5. The third-order valence-corrected chi connectivity index (χ3v) is 4.38. The molecule has 1 amide bonds. The lowest BCUT2D eigenvalue weighted by molar-refractivity contribution is 0.102. The van der Waals surface area contributed by atoms with Crippen LogP contribution in [0.1, 0.15) is 36.7 Å². The van der Waals surface area contributed by atoms with Crippen molar-refractivity contribution in [2.24, 2.45) is 0 Å². The van der Waals surface area contributed by atoms with Gasteiger partial charge in [0.2, 0.25) is 0 Å². The smallest absolute Gasteiger partial charge is 0.255 e. The van der Waals surface area contributed by atoms with Crippen LogP contribution in [-0.4, -0.2) is 18.0 Å². The van der Waals surface area contributed by atoms with Gasteiger partial charge in [-0.25, -0.2) is 4.98 Å². The topological polar surface area (TPSA) is 63.2 Å². The number of methoxy groups -OCH3 is 1. The van der Waals surface area contributed by atoms with E-state index in [0.29, 0.717) is 17.1 Å². The molecule has 0 bridgehead atoms. The fourth-order valence-electron chi connectivity index (χ4n) is 2.72. The van der Waals surface area contributed by atoms with Gasteiger partial charge in [0.25, 0.3) is 5.91 Å². The van der Waals surface area contributed by atoms with Crippen LogP contribution in [0.25, 0.3) is 0 Å². The van der Waals surface area contributed by atoms with Crippen LogP contribution in [-0.2, 0) is 5.41 Å². The van der Waals surface area contributed by atoms with Crippen LogP contribution in [0.15, 0.2) is 66.9 Å². The maximum Gasteiger partial charge on any atom is 0.255 e. The van der Waals surface area contributed by atoms with Crippen molar-refractivity contribution < 1.29 is 9.53 Å². The van der Waals surface area contributed by atoms with Crippen molar-refractivity contribution in [2.75, 3.05) is 17.7 Å². The second-order valence-electron chi connectivity index (χ2n) is 7.57. The van der Waals surface area contributed by atoms with Gasteiger partial charge in [-0.15, -0.1) is 0 Å². The highest BCUT2D eigenvalue weighted by Crippen LogP contribution is 2.23. The normalized spacial score (nSPS) is 11.0. The van der Waals surface area contributed by atoms with E-state index in [9.17, 15) is 4.79 Å². The molecule has 2 aromatic carbocycles. The molecule has 5 nitrogen and oxygen atoms in total. The Hall–Kier alpha value is -3.34. The van der Waals surface area contributed by atoms with Crippen molar-refractivity contribution in [3.8, 4) is 5.75 Å². The Morgan fingerprint density at radius 3 is 2.32 bits per heavy atom. The summed E-state index contributed by atoms with van der Waals surface area (Å²) in [5.74, 6) is 1.29. The molecule has 0 aliphatic rings. The van der Waals surface area contributed by atoms with Gasteiger partial charge in [0.1, 0.15) is 11.6 Å². The lowest BCUT2D eigenvalue weighted by atomic mass is 9.87. The number of hydrogen-bond acceptors (Lipinski definition) is 4. The second kappa shape index (κ2) is 8.13. The maximum atomic E-state index is 12.5.